The van der Waals surface area contributed by atoms with Gasteiger partial charge in [0.2, 0.25) is 5.91 Å². The molecule has 0 spiro atoms. The molecule has 2 rings (SSSR count). The normalized spacial score (nSPS) is 10.3. The highest BCUT2D eigenvalue weighted by Gasteiger charge is 2.16. The smallest absolute Gasteiger partial charge is 0.255 e. The fraction of sp³-hybridized carbons (Fsp3) is 0.125. The summed E-state index contributed by atoms with van der Waals surface area (Å²) >= 11 is 5.89. The van der Waals surface area contributed by atoms with Crippen molar-refractivity contribution in [3.63, 3.8) is 0 Å². The van der Waals surface area contributed by atoms with E-state index in [1.54, 1.807) is 31.3 Å². The van der Waals surface area contributed by atoms with Gasteiger partial charge in [0.05, 0.1) is 10.6 Å². The number of carbonyl (C=O) groups is 2. The Kier molecular flexibility index (Phi) is 4.78. The molecule has 0 aliphatic heterocycles. The third-order valence-corrected chi connectivity index (χ3v) is 3.48. The van der Waals surface area contributed by atoms with Crippen molar-refractivity contribution >= 4 is 23.4 Å². The van der Waals surface area contributed by atoms with Crippen molar-refractivity contribution in [1.82, 2.24) is 4.90 Å². The zero-order valence-corrected chi connectivity index (χ0v) is 12.6. The molecule has 4 nitrogen and oxygen atoms in total. The SMILES string of the molecule is CN(Cc1ccc(C(N)=O)cc1)C(=O)c1ccc(F)cc1Cl. The second-order valence-electron chi connectivity index (χ2n) is 4.85. The van der Waals surface area contributed by atoms with Gasteiger partial charge in [-0.05, 0) is 35.9 Å². The Labute approximate surface area is 132 Å². The molecule has 0 aromatic heterocycles. The van der Waals surface area contributed by atoms with Crippen LogP contribution in [0.3, 0.4) is 0 Å². The molecule has 2 aromatic rings. The van der Waals surface area contributed by atoms with Crippen LogP contribution in [-0.4, -0.2) is 23.8 Å². The molecule has 0 fully saturated rings. The van der Waals surface area contributed by atoms with Gasteiger partial charge in [-0.2, -0.15) is 0 Å². The van der Waals surface area contributed by atoms with Crippen LogP contribution in [0.25, 0.3) is 0 Å². The highest BCUT2D eigenvalue weighted by molar-refractivity contribution is 6.33. The fourth-order valence-electron chi connectivity index (χ4n) is 1.99. The minimum Gasteiger partial charge on any atom is -0.366 e. The van der Waals surface area contributed by atoms with Gasteiger partial charge in [-0.25, -0.2) is 4.39 Å². The molecule has 2 amide bonds. The van der Waals surface area contributed by atoms with Gasteiger partial charge in [-0.1, -0.05) is 23.7 Å². The molecule has 0 aliphatic carbocycles. The lowest BCUT2D eigenvalue weighted by molar-refractivity contribution is 0.0785. The molecule has 6 heteroatoms. The summed E-state index contributed by atoms with van der Waals surface area (Å²) in [5, 5.41) is 0.0703. The lowest BCUT2D eigenvalue weighted by Gasteiger charge is -2.18. The van der Waals surface area contributed by atoms with Gasteiger partial charge in [-0.15, -0.1) is 0 Å². The number of hydrogen-bond acceptors (Lipinski definition) is 2. The Hall–Kier alpha value is -2.40. The Morgan fingerprint density at radius 2 is 1.82 bits per heavy atom. The molecule has 0 heterocycles. The van der Waals surface area contributed by atoms with Crippen LogP contribution in [0.4, 0.5) is 4.39 Å². The minimum absolute atomic E-state index is 0.0703. The van der Waals surface area contributed by atoms with Crippen molar-refractivity contribution in [2.24, 2.45) is 5.73 Å². The van der Waals surface area contributed by atoms with Crippen LogP contribution in [0.2, 0.25) is 5.02 Å². The van der Waals surface area contributed by atoms with Crippen molar-refractivity contribution in [1.29, 1.82) is 0 Å². The summed E-state index contributed by atoms with van der Waals surface area (Å²) in [5.41, 5.74) is 6.64. The zero-order chi connectivity index (χ0) is 16.3. The van der Waals surface area contributed by atoms with E-state index in [1.807, 2.05) is 0 Å². The summed E-state index contributed by atoms with van der Waals surface area (Å²) in [6.07, 6.45) is 0. The Morgan fingerprint density at radius 1 is 1.18 bits per heavy atom. The van der Waals surface area contributed by atoms with Crippen molar-refractivity contribution in [2.45, 2.75) is 6.54 Å². The second-order valence-corrected chi connectivity index (χ2v) is 5.25. The Bertz CT molecular complexity index is 717. The number of nitrogens with zero attached hydrogens (tertiary/aromatic N) is 1. The number of primary amides is 1. The summed E-state index contributed by atoms with van der Waals surface area (Å²) in [7, 11) is 1.62. The van der Waals surface area contributed by atoms with Crippen LogP contribution in [0, 0.1) is 5.82 Å². The average Bonchev–Trinajstić information content (AvgIpc) is 2.47. The molecule has 0 saturated carbocycles. The van der Waals surface area contributed by atoms with E-state index in [0.717, 1.165) is 11.6 Å². The maximum absolute atomic E-state index is 13.0. The van der Waals surface area contributed by atoms with E-state index in [-0.39, 0.29) is 16.5 Å². The summed E-state index contributed by atoms with van der Waals surface area (Å²) in [5.74, 6) is -1.32. The number of rotatable bonds is 4. The molecule has 0 unspecified atom stereocenters. The molecule has 0 atom stereocenters. The highest BCUT2D eigenvalue weighted by Crippen LogP contribution is 2.19. The summed E-state index contributed by atoms with van der Waals surface area (Å²) < 4.78 is 13.0. The van der Waals surface area contributed by atoms with E-state index < -0.39 is 11.7 Å². The van der Waals surface area contributed by atoms with Crippen LogP contribution in [-0.2, 0) is 6.54 Å². The van der Waals surface area contributed by atoms with Gasteiger partial charge in [0.25, 0.3) is 5.91 Å². The van der Waals surface area contributed by atoms with Gasteiger partial charge in [0.15, 0.2) is 0 Å². The van der Waals surface area contributed by atoms with Crippen LogP contribution >= 0.6 is 11.6 Å². The number of hydrogen-bond donors (Lipinski definition) is 1. The topological polar surface area (TPSA) is 63.4 Å². The average molecular weight is 321 g/mol. The largest absolute Gasteiger partial charge is 0.366 e. The Balaban J connectivity index is 2.12. The van der Waals surface area contributed by atoms with E-state index in [4.69, 9.17) is 17.3 Å². The van der Waals surface area contributed by atoms with Crippen molar-refractivity contribution in [3.8, 4) is 0 Å². The fourth-order valence-corrected chi connectivity index (χ4v) is 2.24. The summed E-state index contributed by atoms with van der Waals surface area (Å²) in [6, 6.07) is 10.3. The predicted molar refractivity (Wildman–Crippen MR) is 82.2 cm³/mol. The Morgan fingerprint density at radius 3 is 2.36 bits per heavy atom. The molecule has 2 N–H and O–H groups in total. The summed E-state index contributed by atoms with van der Waals surface area (Å²) in [4.78, 5) is 24.8. The number of amides is 2. The van der Waals surface area contributed by atoms with Crippen molar-refractivity contribution < 1.29 is 14.0 Å². The van der Waals surface area contributed by atoms with Crippen LogP contribution < -0.4 is 5.73 Å². The van der Waals surface area contributed by atoms with Gasteiger partial charge in [0, 0.05) is 19.2 Å². The first kappa shape index (κ1) is 16.0. The van der Waals surface area contributed by atoms with E-state index in [2.05, 4.69) is 0 Å². The van der Waals surface area contributed by atoms with Gasteiger partial charge in [0.1, 0.15) is 5.82 Å². The van der Waals surface area contributed by atoms with Crippen LogP contribution in [0.15, 0.2) is 42.5 Å². The summed E-state index contributed by atoms with van der Waals surface area (Å²) in [6.45, 7) is 0.325. The lowest BCUT2D eigenvalue weighted by atomic mass is 10.1. The third kappa shape index (κ3) is 3.62. The number of nitrogens with two attached hydrogens (primary N) is 1. The van der Waals surface area contributed by atoms with E-state index in [9.17, 15) is 14.0 Å². The molecule has 0 radical (unpaired) electrons. The number of benzene rings is 2. The predicted octanol–water partition coefficient (Wildman–Crippen LogP) is 2.85. The number of carbonyl (C=O) groups excluding carboxylic acids is 2. The van der Waals surface area contributed by atoms with E-state index in [0.29, 0.717) is 12.1 Å². The van der Waals surface area contributed by atoms with Gasteiger partial charge in [-0.3, -0.25) is 9.59 Å². The quantitative estimate of drug-likeness (QED) is 0.941. The highest BCUT2D eigenvalue weighted by atomic mass is 35.5. The molecule has 2 aromatic carbocycles. The van der Waals surface area contributed by atoms with Crippen LogP contribution in [0.5, 0.6) is 0 Å². The molecule has 0 bridgehead atoms. The monoisotopic (exact) mass is 320 g/mol. The van der Waals surface area contributed by atoms with E-state index in [1.165, 1.54) is 17.0 Å². The lowest BCUT2D eigenvalue weighted by Crippen LogP contribution is -2.26. The molecular formula is C16H14ClFN2O2. The molecule has 0 aliphatic rings. The van der Waals surface area contributed by atoms with Crippen molar-refractivity contribution in [2.75, 3.05) is 7.05 Å². The zero-order valence-electron chi connectivity index (χ0n) is 11.8. The van der Waals surface area contributed by atoms with Crippen molar-refractivity contribution in [3.05, 3.63) is 70.0 Å². The third-order valence-electron chi connectivity index (χ3n) is 3.17. The second kappa shape index (κ2) is 6.58. The standard InChI is InChI=1S/C16H14ClFN2O2/c1-20(9-10-2-4-11(5-3-10)15(19)21)16(22)13-7-6-12(18)8-14(13)17/h2-8H,9H2,1H3,(H2,19,21). The minimum atomic E-state index is -0.505. The van der Waals surface area contributed by atoms with Gasteiger partial charge < -0.3 is 10.6 Å². The van der Waals surface area contributed by atoms with E-state index >= 15 is 0 Å². The molecule has 114 valence electrons. The first-order chi connectivity index (χ1) is 10.4. The molecular weight excluding hydrogens is 307 g/mol. The first-order valence-corrected chi connectivity index (χ1v) is 6.85. The van der Waals surface area contributed by atoms with Crippen LogP contribution in [0.1, 0.15) is 26.3 Å². The molecule has 0 saturated heterocycles. The maximum Gasteiger partial charge on any atom is 0.255 e. The maximum atomic E-state index is 13.0. The first-order valence-electron chi connectivity index (χ1n) is 6.47. The molecule has 22 heavy (non-hydrogen) atoms. The number of halogens is 2. The van der Waals surface area contributed by atoms with Gasteiger partial charge >= 0.3 is 0 Å².